The summed E-state index contributed by atoms with van der Waals surface area (Å²) in [6.45, 7) is 0.0447. The first-order chi connectivity index (χ1) is 14.6. The third-order valence-corrected chi connectivity index (χ3v) is 4.55. The molecule has 0 radical (unpaired) electrons. The van der Waals surface area contributed by atoms with Gasteiger partial charge in [-0.05, 0) is 66.4 Å². The Hall–Kier alpha value is -3.45. The summed E-state index contributed by atoms with van der Waals surface area (Å²) in [7, 11) is 4.73. The maximum Gasteiger partial charge on any atom is 0.227 e. The van der Waals surface area contributed by atoms with Crippen molar-refractivity contribution in [2.45, 2.75) is 12.8 Å². The van der Waals surface area contributed by atoms with Crippen molar-refractivity contribution in [2.24, 2.45) is 0 Å². The van der Waals surface area contributed by atoms with Crippen LogP contribution in [0.4, 0.5) is 11.6 Å². The van der Waals surface area contributed by atoms with E-state index in [9.17, 15) is 4.79 Å². The molecule has 0 spiro atoms. The molecule has 0 fully saturated rings. The number of nitrogens with zero attached hydrogens (tertiary/aromatic N) is 2. The number of hydrogen-bond acceptors (Lipinski definition) is 7. The Kier molecular flexibility index (Phi) is 7.34. The van der Waals surface area contributed by atoms with Crippen molar-refractivity contribution in [3.05, 3.63) is 71.5 Å². The van der Waals surface area contributed by atoms with Gasteiger partial charge in [-0.25, -0.2) is 9.97 Å². The number of Topliss-reactive ketones (excluding diaryl/α,β-unsaturated/α-hetero) is 1. The molecule has 0 bridgehead atoms. The first-order valence-corrected chi connectivity index (χ1v) is 9.53. The average Bonchev–Trinajstić information content (AvgIpc) is 2.79. The lowest BCUT2D eigenvalue weighted by molar-refractivity contribution is 0.0847. The van der Waals surface area contributed by atoms with Crippen LogP contribution in [0, 0.1) is 0 Å². The van der Waals surface area contributed by atoms with Crippen molar-refractivity contribution in [3.8, 4) is 11.5 Å². The van der Waals surface area contributed by atoms with Gasteiger partial charge in [-0.15, -0.1) is 0 Å². The van der Waals surface area contributed by atoms with Gasteiger partial charge < -0.3 is 19.5 Å². The second-order valence-corrected chi connectivity index (χ2v) is 6.69. The first kappa shape index (κ1) is 21.3. The van der Waals surface area contributed by atoms with Gasteiger partial charge in [0.15, 0.2) is 5.78 Å². The Morgan fingerprint density at radius 2 is 1.53 bits per heavy atom. The van der Waals surface area contributed by atoms with Crippen LogP contribution in [0.15, 0.2) is 54.9 Å². The van der Waals surface area contributed by atoms with Gasteiger partial charge in [0.1, 0.15) is 18.1 Å². The van der Waals surface area contributed by atoms with Gasteiger partial charge in [0.05, 0.1) is 14.2 Å². The average molecular weight is 407 g/mol. The van der Waals surface area contributed by atoms with Crippen LogP contribution in [0.25, 0.3) is 0 Å². The van der Waals surface area contributed by atoms with Gasteiger partial charge in [-0.1, -0.05) is 0 Å². The number of methoxy groups -OCH3 is 3. The Balaban J connectivity index is 1.63. The summed E-state index contributed by atoms with van der Waals surface area (Å²) in [5, 5.41) is 3.16. The monoisotopic (exact) mass is 407 g/mol. The Labute approximate surface area is 176 Å². The van der Waals surface area contributed by atoms with E-state index in [2.05, 4.69) is 15.3 Å². The molecule has 3 aromatic rings. The lowest BCUT2D eigenvalue weighted by Crippen LogP contribution is -2.08. The molecule has 0 atom stereocenters. The molecular weight excluding hydrogens is 382 g/mol. The summed E-state index contributed by atoms with van der Waals surface area (Å²) in [5.74, 6) is 1.90. The highest BCUT2D eigenvalue weighted by atomic mass is 16.5. The summed E-state index contributed by atoms with van der Waals surface area (Å²) >= 11 is 0. The van der Waals surface area contributed by atoms with Gasteiger partial charge in [0.2, 0.25) is 5.95 Å². The van der Waals surface area contributed by atoms with Gasteiger partial charge in [-0.2, -0.15) is 0 Å². The zero-order chi connectivity index (χ0) is 21.3. The Morgan fingerprint density at radius 1 is 0.867 bits per heavy atom. The number of aryl methyl sites for hydroxylation is 2. The van der Waals surface area contributed by atoms with Crippen LogP contribution >= 0.6 is 0 Å². The second kappa shape index (κ2) is 10.4. The Morgan fingerprint density at radius 3 is 2.17 bits per heavy atom. The number of carbonyl (C=O) groups is 1. The molecule has 2 aromatic carbocycles. The van der Waals surface area contributed by atoms with Gasteiger partial charge in [0, 0.05) is 30.8 Å². The molecule has 3 rings (SSSR count). The van der Waals surface area contributed by atoms with Gasteiger partial charge in [-0.3, -0.25) is 4.79 Å². The van der Waals surface area contributed by atoms with Crippen molar-refractivity contribution < 1.29 is 19.0 Å². The molecule has 0 amide bonds. The van der Waals surface area contributed by atoms with E-state index in [0.29, 0.717) is 17.3 Å². The predicted molar refractivity (Wildman–Crippen MR) is 115 cm³/mol. The smallest absolute Gasteiger partial charge is 0.227 e. The topological polar surface area (TPSA) is 82.6 Å². The van der Waals surface area contributed by atoms with Crippen LogP contribution < -0.4 is 14.8 Å². The van der Waals surface area contributed by atoms with E-state index in [1.807, 2.05) is 36.4 Å². The number of hydrogen-bond donors (Lipinski definition) is 1. The van der Waals surface area contributed by atoms with E-state index in [-0.39, 0.29) is 12.4 Å². The van der Waals surface area contributed by atoms with Gasteiger partial charge >= 0.3 is 0 Å². The number of rotatable bonds is 10. The third-order valence-electron chi connectivity index (χ3n) is 4.55. The number of aromatic nitrogens is 2. The number of ketones is 1. The number of ether oxygens (including phenoxy) is 3. The number of benzene rings is 2. The molecule has 0 aliphatic heterocycles. The standard InChI is InChI=1S/C23H25N3O4/c1-28-15-22(27)18-10-16(11-21(12-18)30-3)4-5-17-13-24-23(25-14-17)26-19-6-8-20(29-2)9-7-19/h6-14H,4-5,15H2,1-3H3,(H,24,25,26). The normalized spacial score (nSPS) is 10.5. The van der Waals surface area contributed by atoms with Crippen LogP contribution in [0.2, 0.25) is 0 Å². The highest BCUT2D eigenvalue weighted by molar-refractivity contribution is 5.97. The number of anilines is 2. The molecule has 1 aromatic heterocycles. The quantitative estimate of drug-likeness (QED) is 0.511. The number of nitrogens with one attached hydrogen (secondary N) is 1. The zero-order valence-electron chi connectivity index (χ0n) is 17.3. The molecular formula is C23H25N3O4. The van der Waals surface area contributed by atoms with E-state index in [4.69, 9.17) is 14.2 Å². The third kappa shape index (κ3) is 5.78. The predicted octanol–water partition coefficient (Wildman–Crippen LogP) is 3.85. The van der Waals surface area contributed by atoms with E-state index in [1.165, 1.54) is 7.11 Å². The molecule has 1 heterocycles. The molecule has 0 aliphatic carbocycles. The van der Waals surface area contributed by atoms with Crippen molar-refractivity contribution in [1.82, 2.24) is 9.97 Å². The molecule has 7 nitrogen and oxygen atoms in total. The van der Waals surface area contributed by atoms with Crippen LogP contribution in [-0.2, 0) is 17.6 Å². The minimum atomic E-state index is -0.0741. The molecule has 7 heteroatoms. The minimum Gasteiger partial charge on any atom is -0.497 e. The molecule has 1 N–H and O–H groups in total. The summed E-state index contributed by atoms with van der Waals surface area (Å²) in [6.07, 6.45) is 5.08. The van der Waals surface area contributed by atoms with E-state index >= 15 is 0 Å². The summed E-state index contributed by atoms with van der Waals surface area (Å²) in [6, 6.07) is 13.1. The highest BCUT2D eigenvalue weighted by Gasteiger charge is 2.10. The molecule has 0 saturated carbocycles. The minimum absolute atomic E-state index is 0.0447. The highest BCUT2D eigenvalue weighted by Crippen LogP contribution is 2.20. The molecule has 30 heavy (non-hydrogen) atoms. The fourth-order valence-corrected chi connectivity index (χ4v) is 2.94. The summed E-state index contributed by atoms with van der Waals surface area (Å²) in [4.78, 5) is 20.9. The maximum absolute atomic E-state index is 12.1. The van der Waals surface area contributed by atoms with Crippen LogP contribution in [0.5, 0.6) is 11.5 Å². The second-order valence-electron chi connectivity index (χ2n) is 6.69. The molecule has 156 valence electrons. The molecule has 0 unspecified atom stereocenters. The van der Waals surface area contributed by atoms with Crippen molar-refractivity contribution in [1.29, 1.82) is 0 Å². The first-order valence-electron chi connectivity index (χ1n) is 9.53. The molecule has 0 aliphatic rings. The van der Waals surface area contributed by atoms with Crippen molar-refractivity contribution in [3.63, 3.8) is 0 Å². The van der Waals surface area contributed by atoms with Crippen molar-refractivity contribution >= 4 is 17.4 Å². The van der Waals surface area contributed by atoms with E-state index in [0.717, 1.165) is 35.4 Å². The van der Waals surface area contributed by atoms with E-state index < -0.39 is 0 Å². The van der Waals surface area contributed by atoms with Crippen molar-refractivity contribution in [2.75, 3.05) is 33.3 Å². The lowest BCUT2D eigenvalue weighted by Gasteiger charge is -2.09. The largest absolute Gasteiger partial charge is 0.497 e. The lowest BCUT2D eigenvalue weighted by atomic mass is 10.0. The van der Waals surface area contributed by atoms with Crippen LogP contribution in [0.3, 0.4) is 0 Å². The van der Waals surface area contributed by atoms with E-state index in [1.54, 1.807) is 32.7 Å². The Bertz CT molecular complexity index is 973. The van der Waals surface area contributed by atoms with Crippen LogP contribution in [0.1, 0.15) is 21.5 Å². The van der Waals surface area contributed by atoms with Gasteiger partial charge in [0.25, 0.3) is 0 Å². The fourth-order valence-electron chi connectivity index (χ4n) is 2.94. The molecule has 0 saturated heterocycles. The van der Waals surface area contributed by atoms with Crippen LogP contribution in [-0.4, -0.2) is 43.7 Å². The summed E-state index contributed by atoms with van der Waals surface area (Å²) in [5.41, 5.74) is 3.48. The zero-order valence-corrected chi connectivity index (χ0v) is 17.3. The summed E-state index contributed by atoms with van der Waals surface area (Å²) < 4.78 is 15.4. The SMILES string of the molecule is COCC(=O)c1cc(CCc2cnc(Nc3ccc(OC)cc3)nc2)cc(OC)c1. The fraction of sp³-hybridized carbons (Fsp3) is 0.261. The maximum atomic E-state index is 12.1. The number of carbonyl (C=O) groups excluding carboxylic acids is 1.